The molecule has 146 valence electrons. The maximum atomic E-state index is 5.56. The molecular formula is C24H29N3O. The lowest BCUT2D eigenvalue weighted by Gasteiger charge is -2.12. The second-order valence-corrected chi connectivity index (χ2v) is 8.20. The van der Waals surface area contributed by atoms with Gasteiger partial charge in [0.05, 0.1) is 16.7 Å². The molecule has 2 aliphatic carbocycles. The van der Waals surface area contributed by atoms with Crippen molar-refractivity contribution in [2.24, 2.45) is 5.92 Å². The number of rotatable bonds is 5. The number of nitrogens with zero attached hydrogens (tertiary/aromatic N) is 2. The van der Waals surface area contributed by atoms with Gasteiger partial charge in [-0.25, -0.2) is 4.98 Å². The van der Waals surface area contributed by atoms with Gasteiger partial charge in [-0.1, -0.05) is 37.8 Å². The molecule has 2 aliphatic rings. The summed E-state index contributed by atoms with van der Waals surface area (Å²) < 4.78 is 5.56. The van der Waals surface area contributed by atoms with Gasteiger partial charge in [0.25, 0.3) is 0 Å². The fraction of sp³-hybridized carbons (Fsp3) is 0.500. The molecule has 0 saturated heterocycles. The molecule has 2 heterocycles. The van der Waals surface area contributed by atoms with Gasteiger partial charge >= 0.3 is 0 Å². The van der Waals surface area contributed by atoms with Crippen LogP contribution in [-0.2, 0) is 12.8 Å². The first kappa shape index (κ1) is 18.8. The van der Waals surface area contributed by atoms with Gasteiger partial charge < -0.3 is 9.51 Å². The van der Waals surface area contributed by atoms with Crippen molar-refractivity contribution in [3.63, 3.8) is 0 Å². The van der Waals surface area contributed by atoms with Crippen molar-refractivity contribution in [2.45, 2.75) is 71.1 Å². The molecule has 4 nitrogen and oxygen atoms in total. The first-order chi connectivity index (χ1) is 13.7. The Morgan fingerprint density at radius 3 is 2.57 bits per heavy atom. The molecule has 3 aromatic rings. The Labute approximate surface area is 167 Å². The van der Waals surface area contributed by atoms with Crippen molar-refractivity contribution in [1.82, 2.24) is 15.1 Å². The number of nitrogens with one attached hydrogen (secondary N) is 1. The Hall–Kier alpha value is -2.54. The monoisotopic (exact) mass is 375 g/mol. The van der Waals surface area contributed by atoms with E-state index in [1.165, 1.54) is 72.1 Å². The summed E-state index contributed by atoms with van der Waals surface area (Å²) >= 11 is 0. The molecular weight excluding hydrogens is 346 g/mol. The highest BCUT2D eigenvalue weighted by Crippen LogP contribution is 2.41. The molecule has 2 fully saturated rings. The topological polar surface area (TPSA) is 54.7 Å². The fourth-order valence-corrected chi connectivity index (χ4v) is 4.61. The van der Waals surface area contributed by atoms with Gasteiger partial charge in [-0.05, 0) is 55.4 Å². The number of imidazole rings is 1. The molecule has 0 aliphatic heterocycles. The van der Waals surface area contributed by atoms with Crippen LogP contribution < -0.4 is 0 Å². The van der Waals surface area contributed by atoms with Crippen molar-refractivity contribution in [3.8, 4) is 24.0 Å². The molecule has 4 heteroatoms. The highest BCUT2D eigenvalue weighted by atomic mass is 16.5. The van der Waals surface area contributed by atoms with Gasteiger partial charge in [0.15, 0.2) is 0 Å². The summed E-state index contributed by atoms with van der Waals surface area (Å²) in [6.45, 7) is 4.17. The molecule has 5 rings (SSSR count). The molecule has 1 N–H and O–H groups in total. The number of hydrogen-bond acceptors (Lipinski definition) is 3. The van der Waals surface area contributed by atoms with Crippen LogP contribution in [0.3, 0.4) is 0 Å². The van der Waals surface area contributed by atoms with E-state index in [1.54, 1.807) is 0 Å². The summed E-state index contributed by atoms with van der Waals surface area (Å²) in [5.41, 5.74) is 7.15. The number of fused-ring (bicyclic) bond motifs is 1. The average molecular weight is 376 g/mol. The van der Waals surface area contributed by atoms with Gasteiger partial charge in [0.2, 0.25) is 0 Å². The Bertz CT molecular complexity index is 984. The Morgan fingerprint density at radius 2 is 1.89 bits per heavy atom. The molecule has 28 heavy (non-hydrogen) atoms. The fourth-order valence-electron chi connectivity index (χ4n) is 4.61. The van der Waals surface area contributed by atoms with E-state index in [9.17, 15) is 0 Å². The number of benzene rings is 1. The summed E-state index contributed by atoms with van der Waals surface area (Å²) in [6.07, 6.45) is 18.0. The first-order valence-electron chi connectivity index (χ1n) is 10.5. The molecule has 2 saturated carbocycles. The Kier molecular flexibility index (Phi) is 5.26. The number of H-pyrrole nitrogens is 1. The van der Waals surface area contributed by atoms with Crippen molar-refractivity contribution >= 4 is 11.0 Å². The lowest BCUT2D eigenvalue weighted by atomic mass is 9.93. The van der Waals surface area contributed by atoms with E-state index in [4.69, 9.17) is 9.51 Å². The molecule has 0 atom stereocenters. The molecule has 1 aromatic carbocycles. The lowest BCUT2D eigenvalue weighted by Crippen LogP contribution is -2.00. The van der Waals surface area contributed by atoms with Crippen LogP contribution in [0, 0.1) is 25.7 Å². The van der Waals surface area contributed by atoms with Crippen LogP contribution in [0.25, 0.3) is 22.2 Å². The molecule has 0 unspecified atom stereocenters. The minimum Gasteiger partial charge on any atom is -0.360 e. The lowest BCUT2D eigenvalue weighted by molar-refractivity contribution is 0.383. The van der Waals surface area contributed by atoms with Gasteiger partial charge in [-0.3, -0.25) is 0 Å². The number of terminal acetylenes is 1. The maximum Gasteiger partial charge on any atom is 0.144 e. The summed E-state index contributed by atoms with van der Waals surface area (Å²) in [7, 11) is 0. The van der Waals surface area contributed by atoms with E-state index in [0.29, 0.717) is 5.92 Å². The summed E-state index contributed by atoms with van der Waals surface area (Å²) in [6, 6.07) is 4.61. The largest absolute Gasteiger partial charge is 0.360 e. The summed E-state index contributed by atoms with van der Waals surface area (Å²) in [5.74, 6) is 3.62. The van der Waals surface area contributed by atoms with Crippen molar-refractivity contribution in [3.05, 3.63) is 35.0 Å². The van der Waals surface area contributed by atoms with Gasteiger partial charge in [-0.15, -0.1) is 12.8 Å². The first-order valence-corrected chi connectivity index (χ1v) is 10.5. The highest BCUT2D eigenvalue weighted by molar-refractivity contribution is 5.86. The Morgan fingerprint density at radius 1 is 1.14 bits per heavy atom. The highest BCUT2D eigenvalue weighted by Gasteiger charge is 2.28. The third-order valence-electron chi connectivity index (χ3n) is 6.17. The zero-order chi connectivity index (χ0) is 19.7. The van der Waals surface area contributed by atoms with Crippen LogP contribution in [-0.4, -0.2) is 15.1 Å². The average Bonchev–Trinajstić information content (AvgIpc) is 3.10. The second kappa shape index (κ2) is 7.83. The van der Waals surface area contributed by atoms with E-state index in [2.05, 4.69) is 42.0 Å². The van der Waals surface area contributed by atoms with Crippen LogP contribution in [0.2, 0.25) is 0 Å². The van der Waals surface area contributed by atoms with Crippen molar-refractivity contribution < 1.29 is 4.52 Å². The van der Waals surface area contributed by atoms with E-state index < -0.39 is 0 Å². The van der Waals surface area contributed by atoms with Crippen LogP contribution in [0.15, 0.2) is 16.7 Å². The van der Waals surface area contributed by atoms with E-state index in [1.807, 2.05) is 6.92 Å². The molecule has 2 aromatic heterocycles. The predicted molar refractivity (Wildman–Crippen MR) is 113 cm³/mol. The van der Waals surface area contributed by atoms with Gasteiger partial charge in [0, 0.05) is 17.9 Å². The third kappa shape index (κ3) is 3.46. The minimum absolute atomic E-state index is 0.647. The number of aryl methyl sites for hydroxylation is 2. The zero-order valence-electron chi connectivity index (χ0n) is 16.9. The van der Waals surface area contributed by atoms with Gasteiger partial charge in [-0.2, -0.15) is 0 Å². The van der Waals surface area contributed by atoms with E-state index in [-0.39, 0.29) is 0 Å². The summed E-state index contributed by atoms with van der Waals surface area (Å²) in [4.78, 5) is 8.63. The van der Waals surface area contributed by atoms with E-state index >= 15 is 0 Å². The van der Waals surface area contributed by atoms with Crippen LogP contribution in [0.5, 0.6) is 0 Å². The molecule has 0 bridgehead atoms. The van der Waals surface area contributed by atoms with Crippen LogP contribution in [0.4, 0.5) is 0 Å². The van der Waals surface area contributed by atoms with Gasteiger partial charge in [0.1, 0.15) is 11.6 Å². The predicted octanol–water partition coefficient (Wildman–Crippen LogP) is 5.95. The standard InChI is InChI=1S/C22H27N3O.C2H2/c1-3-19-20(13(2)25-26-19)16-11-17(10-14-6-4-5-7-14)21-18(12-16)23-22(24-21)15-8-9-15;1-2/h11-12,14-15H,3-10H2,1-2H3,(H,23,24);1-2H. The molecule has 0 spiro atoms. The quantitative estimate of drug-likeness (QED) is 0.561. The molecule has 0 amide bonds. The van der Waals surface area contributed by atoms with Crippen LogP contribution >= 0.6 is 0 Å². The minimum atomic E-state index is 0.647. The SMILES string of the molecule is C#C.CCc1onc(C)c1-c1cc(CC2CCCC2)c2nc(C3CC3)[nH]c2c1. The van der Waals surface area contributed by atoms with E-state index in [0.717, 1.165) is 30.2 Å². The number of hydrogen-bond donors (Lipinski definition) is 1. The third-order valence-corrected chi connectivity index (χ3v) is 6.17. The summed E-state index contributed by atoms with van der Waals surface area (Å²) in [5, 5.41) is 4.22. The van der Waals surface area contributed by atoms with Crippen molar-refractivity contribution in [2.75, 3.05) is 0 Å². The smallest absolute Gasteiger partial charge is 0.144 e. The number of aromatic amines is 1. The second-order valence-electron chi connectivity index (χ2n) is 8.20. The molecule has 0 radical (unpaired) electrons. The van der Waals surface area contributed by atoms with Crippen molar-refractivity contribution in [1.29, 1.82) is 0 Å². The normalized spacial score (nSPS) is 17.0. The zero-order valence-corrected chi connectivity index (χ0v) is 16.9. The number of aromatic nitrogens is 3. The Balaban J connectivity index is 0.000000932. The van der Waals surface area contributed by atoms with Crippen LogP contribution in [0.1, 0.15) is 74.2 Å². The maximum absolute atomic E-state index is 5.56.